The molecule has 1 saturated heterocycles. The van der Waals surface area contributed by atoms with Gasteiger partial charge < -0.3 is 10.6 Å². The lowest BCUT2D eigenvalue weighted by Crippen LogP contribution is -2.27. The van der Waals surface area contributed by atoms with E-state index >= 15 is 0 Å². The van der Waals surface area contributed by atoms with Crippen LogP contribution in [0.3, 0.4) is 0 Å². The predicted octanol–water partition coefficient (Wildman–Crippen LogP) is 2.95. The van der Waals surface area contributed by atoms with E-state index < -0.39 is 0 Å². The largest absolute Gasteiger partial charge is 0.398 e. The van der Waals surface area contributed by atoms with Gasteiger partial charge in [0, 0.05) is 36.6 Å². The zero-order chi connectivity index (χ0) is 13.0. The summed E-state index contributed by atoms with van der Waals surface area (Å²) in [6.07, 6.45) is 6.05. The van der Waals surface area contributed by atoms with Crippen LogP contribution in [-0.2, 0) is 0 Å². The first-order chi connectivity index (χ1) is 8.66. The zero-order valence-corrected chi connectivity index (χ0v) is 10.5. The number of rotatable bonds is 2. The van der Waals surface area contributed by atoms with E-state index in [1.807, 2.05) is 6.07 Å². The number of hydrogen-bond acceptors (Lipinski definition) is 4. The molecule has 0 atom stereocenters. The number of benzene rings is 1. The third-order valence-corrected chi connectivity index (χ3v) is 3.36. The molecule has 0 unspecified atom stereocenters. The lowest BCUT2D eigenvalue weighted by atomic mass is 10.1. The van der Waals surface area contributed by atoms with Crippen molar-refractivity contribution in [3.05, 3.63) is 28.3 Å². The van der Waals surface area contributed by atoms with Crippen molar-refractivity contribution in [2.45, 2.75) is 32.1 Å². The lowest BCUT2D eigenvalue weighted by Gasteiger charge is -2.26. The van der Waals surface area contributed by atoms with E-state index in [0.717, 1.165) is 31.6 Å². The summed E-state index contributed by atoms with van der Waals surface area (Å²) in [6.45, 7) is 1.92. The van der Waals surface area contributed by atoms with Crippen LogP contribution in [0.25, 0.3) is 0 Å². The monoisotopic (exact) mass is 249 g/mol. The van der Waals surface area contributed by atoms with E-state index in [1.54, 1.807) is 6.07 Å². The van der Waals surface area contributed by atoms with Crippen LogP contribution in [0.1, 0.15) is 32.1 Å². The average molecular weight is 249 g/mol. The molecule has 0 amide bonds. The highest BCUT2D eigenvalue weighted by atomic mass is 16.6. The normalized spacial score (nSPS) is 17.0. The molecule has 0 aliphatic carbocycles. The molecule has 0 spiro atoms. The average Bonchev–Trinajstić information content (AvgIpc) is 2.27. The van der Waals surface area contributed by atoms with Gasteiger partial charge in [0.25, 0.3) is 5.69 Å². The molecule has 0 bridgehead atoms. The minimum atomic E-state index is -0.385. The smallest absolute Gasteiger partial charge is 0.273 e. The Labute approximate surface area is 107 Å². The van der Waals surface area contributed by atoms with Gasteiger partial charge in [0.05, 0.1) is 4.92 Å². The molecule has 1 aliphatic rings. The molecule has 0 aromatic heterocycles. The molecule has 1 fully saturated rings. The Balaban J connectivity index is 2.22. The molecule has 1 aromatic carbocycles. The van der Waals surface area contributed by atoms with Crippen molar-refractivity contribution in [1.82, 2.24) is 0 Å². The first-order valence-electron chi connectivity index (χ1n) is 6.47. The van der Waals surface area contributed by atoms with Crippen LogP contribution in [0, 0.1) is 10.1 Å². The Hall–Kier alpha value is -1.78. The molecule has 5 nitrogen and oxygen atoms in total. The van der Waals surface area contributed by atoms with Gasteiger partial charge in [-0.3, -0.25) is 10.1 Å². The van der Waals surface area contributed by atoms with Crippen LogP contribution < -0.4 is 10.6 Å². The predicted molar refractivity (Wildman–Crippen MR) is 72.8 cm³/mol. The van der Waals surface area contributed by atoms with Crippen molar-refractivity contribution >= 4 is 17.1 Å². The quantitative estimate of drug-likeness (QED) is 0.497. The summed E-state index contributed by atoms with van der Waals surface area (Å²) >= 11 is 0. The van der Waals surface area contributed by atoms with Crippen LogP contribution >= 0.6 is 0 Å². The summed E-state index contributed by atoms with van der Waals surface area (Å²) < 4.78 is 0. The summed E-state index contributed by atoms with van der Waals surface area (Å²) in [7, 11) is 0. The van der Waals surface area contributed by atoms with Crippen LogP contribution in [-0.4, -0.2) is 18.0 Å². The standard InChI is InChI=1S/C13H19N3O2/c14-11-8-12(10-13(9-11)16(17)18)15-6-4-2-1-3-5-7-15/h8-10H,1-7,14H2. The topological polar surface area (TPSA) is 72.4 Å². The maximum Gasteiger partial charge on any atom is 0.273 e. The van der Waals surface area contributed by atoms with E-state index in [2.05, 4.69) is 4.90 Å². The Bertz CT molecular complexity index is 426. The summed E-state index contributed by atoms with van der Waals surface area (Å²) in [5.41, 5.74) is 7.16. The van der Waals surface area contributed by atoms with Crippen molar-refractivity contribution < 1.29 is 4.92 Å². The Morgan fingerprint density at radius 2 is 1.67 bits per heavy atom. The van der Waals surface area contributed by atoms with Crippen LogP contribution in [0.5, 0.6) is 0 Å². The Morgan fingerprint density at radius 1 is 1.06 bits per heavy atom. The van der Waals surface area contributed by atoms with Gasteiger partial charge in [-0.25, -0.2) is 0 Å². The van der Waals surface area contributed by atoms with Gasteiger partial charge in [-0.1, -0.05) is 19.3 Å². The molecule has 98 valence electrons. The molecular formula is C13H19N3O2. The maximum absolute atomic E-state index is 10.8. The van der Waals surface area contributed by atoms with Crippen molar-refractivity contribution in [3.63, 3.8) is 0 Å². The minimum absolute atomic E-state index is 0.0760. The van der Waals surface area contributed by atoms with E-state index in [9.17, 15) is 10.1 Å². The zero-order valence-electron chi connectivity index (χ0n) is 10.5. The van der Waals surface area contributed by atoms with Crippen molar-refractivity contribution in [2.75, 3.05) is 23.7 Å². The second-order valence-corrected chi connectivity index (χ2v) is 4.79. The van der Waals surface area contributed by atoms with Crippen molar-refractivity contribution in [1.29, 1.82) is 0 Å². The Kier molecular flexibility index (Phi) is 4.02. The second kappa shape index (κ2) is 5.71. The van der Waals surface area contributed by atoms with Gasteiger partial charge in [0.15, 0.2) is 0 Å². The van der Waals surface area contributed by atoms with Crippen LogP contribution in [0.2, 0.25) is 0 Å². The van der Waals surface area contributed by atoms with Gasteiger partial charge in [-0.05, 0) is 18.9 Å². The highest BCUT2D eigenvalue weighted by Gasteiger charge is 2.14. The minimum Gasteiger partial charge on any atom is -0.398 e. The van der Waals surface area contributed by atoms with Gasteiger partial charge in [-0.2, -0.15) is 0 Å². The first-order valence-corrected chi connectivity index (χ1v) is 6.47. The van der Waals surface area contributed by atoms with Crippen LogP contribution in [0.4, 0.5) is 17.1 Å². The SMILES string of the molecule is Nc1cc(N2CCCCCCC2)cc([N+](=O)[O-])c1. The molecule has 5 heteroatoms. The third kappa shape index (κ3) is 3.12. The molecule has 0 saturated carbocycles. The number of nitro groups is 1. The summed E-state index contributed by atoms with van der Waals surface area (Å²) in [4.78, 5) is 12.7. The number of non-ortho nitro benzene ring substituents is 1. The Morgan fingerprint density at radius 3 is 2.28 bits per heavy atom. The molecule has 0 radical (unpaired) electrons. The number of hydrogen-bond donors (Lipinski definition) is 1. The van der Waals surface area contributed by atoms with Crippen molar-refractivity contribution in [2.24, 2.45) is 0 Å². The molecule has 1 aromatic rings. The van der Waals surface area contributed by atoms with Gasteiger partial charge in [-0.15, -0.1) is 0 Å². The van der Waals surface area contributed by atoms with E-state index in [0.29, 0.717) is 5.69 Å². The van der Waals surface area contributed by atoms with E-state index in [4.69, 9.17) is 5.73 Å². The fraction of sp³-hybridized carbons (Fsp3) is 0.538. The van der Waals surface area contributed by atoms with Crippen LogP contribution in [0.15, 0.2) is 18.2 Å². The van der Waals surface area contributed by atoms with Gasteiger partial charge in [0.1, 0.15) is 0 Å². The fourth-order valence-corrected chi connectivity index (χ4v) is 2.41. The highest BCUT2D eigenvalue weighted by Crippen LogP contribution is 2.27. The van der Waals surface area contributed by atoms with Gasteiger partial charge in [0.2, 0.25) is 0 Å². The summed E-state index contributed by atoms with van der Waals surface area (Å²) in [5, 5.41) is 10.8. The molecule has 2 N–H and O–H groups in total. The molecular weight excluding hydrogens is 230 g/mol. The van der Waals surface area contributed by atoms with Gasteiger partial charge >= 0.3 is 0 Å². The fourth-order valence-electron chi connectivity index (χ4n) is 2.41. The molecule has 1 heterocycles. The number of nitrogens with zero attached hydrogens (tertiary/aromatic N) is 2. The number of nitrogens with two attached hydrogens (primary N) is 1. The first kappa shape index (κ1) is 12.7. The second-order valence-electron chi connectivity index (χ2n) is 4.79. The molecule has 18 heavy (non-hydrogen) atoms. The number of nitrogen functional groups attached to an aromatic ring is 1. The lowest BCUT2D eigenvalue weighted by molar-refractivity contribution is -0.384. The number of anilines is 2. The highest BCUT2D eigenvalue weighted by molar-refractivity contribution is 5.62. The maximum atomic E-state index is 10.8. The van der Waals surface area contributed by atoms with E-state index in [1.165, 1.54) is 25.3 Å². The number of nitro benzene ring substituents is 1. The molecule has 2 rings (SSSR count). The van der Waals surface area contributed by atoms with Crippen molar-refractivity contribution in [3.8, 4) is 0 Å². The third-order valence-electron chi connectivity index (χ3n) is 3.36. The molecule has 1 aliphatic heterocycles. The summed E-state index contributed by atoms with van der Waals surface area (Å²) in [6, 6.07) is 4.86. The summed E-state index contributed by atoms with van der Waals surface area (Å²) in [5.74, 6) is 0. The van der Waals surface area contributed by atoms with E-state index in [-0.39, 0.29) is 10.6 Å².